The normalized spacial score (nSPS) is 13.4. The van der Waals surface area contributed by atoms with Gasteiger partial charge in [-0.05, 0) is 26.0 Å². The Balaban J connectivity index is 2.20. The van der Waals surface area contributed by atoms with Gasteiger partial charge in [-0.25, -0.2) is 9.48 Å². The number of rotatable bonds is 5. The molecular weight excluding hydrogens is 322 g/mol. The van der Waals surface area contributed by atoms with E-state index in [1.54, 1.807) is 37.4 Å². The van der Waals surface area contributed by atoms with Crippen molar-refractivity contribution in [3.8, 4) is 5.69 Å². The number of aryl methyl sites for hydroxylation is 1. The van der Waals surface area contributed by atoms with E-state index in [9.17, 15) is 14.7 Å². The Labute approximate surface area is 137 Å². The lowest BCUT2D eigenvalue weighted by atomic mass is 10.1. The number of halogens is 1. The average molecular weight is 338 g/mol. The lowest BCUT2D eigenvalue weighted by Crippen LogP contribution is -2.46. The van der Waals surface area contributed by atoms with Crippen LogP contribution in [0.3, 0.4) is 0 Å². The number of aliphatic hydroxyl groups is 1. The van der Waals surface area contributed by atoms with E-state index < -0.39 is 24.0 Å². The quantitative estimate of drug-likeness (QED) is 0.765. The summed E-state index contributed by atoms with van der Waals surface area (Å²) in [7, 11) is 0. The molecule has 0 aliphatic rings. The molecule has 0 aliphatic heterocycles. The molecule has 7 nitrogen and oxygen atoms in total. The van der Waals surface area contributed by atoms with Crippen LogP contribution in [0.25, 0.3) is 5.69 Å². The Kier molecular flexibility index (Phi) is 4.72. The zero-order chi connectivity index (χ0) is 17.2. The lowest BCUT2D eigenvalue weighted by molar-refractivity contribution is -0.155. The van der Waals surface area contributed by atoms with Crippen molar-refractivity contribution in [2.45, 2.75) is 19.4 Å². The molecule has 8 heteroatoms. The third kappa shape index (κ3) is 3.69. The largest absolute Gasteiger partial charge is 0.479 e. The first-order chi connectivity index (χ1) is 10.7. The van der Waals surface area contributed by atoms with Crippen molar-refractivity contribution >= 4 is 23.5 Å². The summed E-state index contributed by atoms with van der Waals surface area (Å²) in [5.74, 6) is -1.99. The van der Waals surface area contributed by atoms with Crippen LogP contribution in [0.15, 0.2) is 30.5 Å². The highest BCUT2D eigenvalue weighted by atomic mass is 35.5. The van der Waals surface area contributed by atoms with Gasteiger partial charge in [0.25, 0.3) is 5.91 Å². The zero-order valence-electron chi connectivity index (χ0n) is 12.6. The SMILES string of the molecule is Cc1cn(-c2ccccc2Cl)nc1C(=O)NCC(C)(O)C(=O)O. The molecule has 0 radical (unpaired) electrons. The van der Waals surface area contributed by atoms with E-state index in [4.69, 9.17) is 16.7 Å². The zero-order valence-corrected chi connectivity index (χ0v) is 13.3. The molecule has 1 aromatic heterocycles. The molecule has 0 saturated carbocycles. The van der Waals surface area contributed by atoms with E-state index in [0.29, 0.717) is 16.3 Å². The number of benzene rings is 1. The summed E-state index contributed by atoms with van der Waals surface area (Å²) < 4.78 is 1.47. The fraction of sp³-hybridized carbons (Fsp3) is 0.267. The van der Waals surface area contributed by atoms with Crippen LogP contribution >= 0.6 is 11.6 Å². The molecule has 2 aromatic rings. The van der Waals surface area contributed by atoms with Gasteiger partial charge in [0.05, 0.1) is 17.3 Å². The van der Waals surface area contributed by atoms with Gasteiger partial charge in [0.15, 0.2) is 11.3 Å². The fourth-order valence-electron chi connectivity index (χ4n) is 1.86. The highest BCUT2D eigenvalue weighted by molar-refractivity contribution is 6.32. The third-order valence-corrected chi connectivity index (χ3v) is 3.59. The maximum atomic E-state index is 12.1. The van der Waals surface area contributed by atoms with Crippen molar-refractivity contribution in [1.82, 2.24) is 15.1 Å². The second kappa shape index (κ2) is 6.39. The van der Waals surface area contributed by atoms with Gasteiger partial charge in [-0.2, -0.15) is 5.10 Å². The number of carboxylic acids is 1. The predicted molar refractivity (Wildman–Crippen MR) is 83.9 cm³/mol. The minimum atomic E-state index is -2.05. The van der Waals surface area contributed by atoms with Crippen LogP contribution in [0.2, 0.25) is 5.02 Å². The first-order valence-corrected chi connectivity index (χ1v) is 7.15. The van der Waals surface area contributed by atoms with E-state index in [2.05, 4.69) is 10.4 Å². The molecule has 1 amide bonds. The standard InChI is InChI=1S/C15H16ClN3O4/c1-9-7-19(11-6-4-3-5-10(11)16)18-12(9)13(20)17-8-15(2,23)14(21)22/h3-7,23H,8H2,1-2H3,(H,17,20)(H,21,22). The van der Waals surface area contributed by atoms with Gasteiger partial charge >= 0.3 is 5.97 Å². The van der Waals surface area contributed by atoms with Gasteiger partial charge in [-0.15, -0.1) is 0 Å². The summed E-state index contributed by atoms with van der Waals surface area (Å²) >= 11 is 6.10. The predicted octanol–water partition coefficient (Wildman–Crippen LogP) is 1.40. The molecule has 0 saturated heterocycles. The highest BCUT2D eigenvalue weighted by Crippen LogP contribution is 2.20. The second-order valence-electron chi connectivity index (χ2n) is 5.32. The molecule has 0 bridgehead atoms. The number of hydrogen-bond acceptors (Lipinski definition) is 4. The molecule has 0 aliphatic carbocycles. The van der Waals surface area contributed by atoms with Crippen molar-refractivity contribution in [3.05, 3.63) is 46.7 Å². The molecule has 23 heavy (non-hydrogen) atoms. The summed E-state index contributed by atoms with van der Waals surface area (Å²) in [4.78, 5) is 23.0. The molecule has 1 aromatic carbocycles. The third-order valence-electron chi connectivity index (χ3n) is 3.27. The van der Waals surface area contributed by atoms with E-state index in [0.717, 1.165) is 6.92 Å². The van der Waals surface area contributed by atoms with Gasteiger partial charge in [0, 0.05) is 11.8 Å². The van der Waals surface area contributed by atoms with Crippen LogP contribution in [0.5, 0.6) is 0 Å². The maximum Gasteiger partial charge on any atom is 0.337 e. The Morgan fingerprint density at radius 3 is 2.65 bits per heavy atom. The van der Waals surface area contributed by atoms with Crippen molar-refractivity contribution in [2.75, 3.05) is 6.54 Å². The molecule has 0 spiro atoms. The average Bonchev–Trinajstić information content (AvgIpc) is 2.87. The van der Waals surface area contributed by atoms with Crippen LogP contribution < -0.4 is 5.32 Å². The molecule has 1 atom stereocenters. The van der Waals surface area contributed by atoms with Crippen molar-refractivity contribution in [3.63, 3.8) is 0 Å². The Morgan fingerprint density at radius 2 is 2.04 bits per heavy atom. The van der Waals surface area contributed by atoms with Crippen molar-refractivity contribution < 1.29 is 19.8 Å². The Bertz CT molecular complexity index is 755. The number of para-hydroxylation sites is 1. The lowest BCUT2D eigenvalue weighted by Gasteiger charge is -2.17. The minimum absolute atomic E-state index is 0.131. The number of carbonyl (C=O) groups is 2. The van der Waals surface area contributed by atoms with E-state index in [1.165, 1.54) is 4.68 Å². The van der Waals surface area contributed by atoms with Gasteiger partial charge < -0.3 is 15.5 Å². The molecule has 1 heterocycles. The molecular formula is C15H16ClN3O4. The summed E-state index contributed by atoms with van der Waals surface area (Å²) in [6.45, 7) is 2.37. The van der Waals surface area contributed by atoms with Gasteiger partial charge in [-0.1, -0.05) is 23.7 Å². The molecule has 122 valence electrons. The number of nitrogens with one attached hydrogen (secondary N) is 1. The molecule has 1 unspecified atom stereocenters. The Morgan fingerprint density at radius 1 is 1.39 bits per heavy atom. The van der Waals surface area contributed by atoms with Crippen LogP contribution in [0.1, 0.15) is 23.0 Å². The topological polar surface area (TPSA) is 104 Å². The monoisotopic (exact) mass is 337 g/mol. The summed E-state index contributed by atoms with van der Waals surface area (Å²) in [6.07, 6.45) is 1.64. The molecule has 3 N–H and O–H groups in total. The number of aliphatic carboxylic acids is 1. The van der Waals surface area contributed by atoms with E-state index >= 15 is 0 Å². The molecule has 0 fully saturated rings. The maximum absolute atomic E-state index is 12.1. The minimum Gasteiger partial charge on any atom is -0.479 e. The van der Waals surface area contributed by atoms with Crippen molar-refractivity contribution in [1.29, 1.82) is 0 Å². The first-order valence-electron chi connectivity index (χ1n) is 6.77. The summed E-state index contributed by atoms with van der Waals surface area (Å²) in [5.41, 5.74) is -0.702. The highest BCUT2D eigenvalue weighted by Gasteiger charge is 2.31. The van der Waals surface area contributed by atoms with Crippen LogP contribution in [-0.4, -0.2) is 44.0 Å². The smallest absolute Gasteiger partial charge is 0.337 e. The number of carboxylic acid groups (broad SMARTS) is 1. The number of aromatic nitrogens is 2. The van der Waals surface area contributed by atoms with Crippen molar-refractivity contribution in [2.24, 2.45) is 0 Å². The summed E-state index contributed by atoms with van der Waals surface area (Å²) in [6, 6.07) is 7.04. The van der Waals surface area contributed by atoms with Crippen LogP contribution in [0.4, 0.5) is 0 Å². The Hall–Kier alpha value is -2.38. The number of hydrogen-bond donors (Lipinski definition) is 3. The fourth-order valence-corrected chi connectivity index (χ4v) is 2.08. The van der Waals surface area contributed by atoms with Gasteiger partial charge in [0.2, 0.25) is 0 Å². The number of amides is 1. The first kappa shape index (κ1) is 17.0. The van der Waals surface area contributed by atoms with Gasteiger partial charge in [-0.3, -0.25) is 4.79 Å². The summed E-state index contributed by atoms with van der Waals surface area (Å²) in [5, 5.41) is 25.5. The molecule has 2 rings (SSSR count). The number of carbonyl (C=O) groups excluding carboxylic acids is 1. The second-order valence-corrected chi connectivity index (χ2v) is 5.73. The van der Waals surface area contributed by atoms with Gasteiger partial charge in [0.1, 0.15) is 0 Å². The van der Waals surface area contributed by atoms with E-state index in [-0.39, 0.29) is 5.69 Å². The van der Waals surface area contributed by atoms with Crippen LogP contribution in [0, 0.1) is 6.92 Å². The van der Waals surface area contributed by atoms with Crippen LogP contribution in [-0.2, 0) is 4.79 Å². The number of nitrogens with zero attached hydrogens (tertiary/aromatic N) is 2. The van der Waals surface area contributed by atoms with E-state index in [1.807, 2.05) is 0 Å².